The van der Waals surface area contributed by atoms with Crippen LogP contribution in [-0.2, 0) is 4.74 Å². The molecular weight excluding hydrogens is 461 g/mol. The standard InChI is InChI=1S/C22H24Cl3N3O3/c1-22(2,3)31-21(30)28-11-18(13-4-6-14(23)7-5-13)19(12-28)27-20(29)26-17-9-15(24)8-16(25)10-17/h4-10,18-19H,11-12H2,1-3H3,(H2,26,27,29)/t18-,19+/m1/s1. The first-order valence-corrected chi connectivity index (χ1v) is 10.9. The highest BCUT2D eigenvalue weighted by molar-refractivity contribution is 6.35. The molecule has 0 aromatic heterocycles. The van der Waals surface area contributed by atoms with Gasteiger partial charge in [-0.3, -0.25) is 0 Å². The predicted octanol–water partition coefficient (Wildman–Crippen LogP) is 6.17. The molecule has 2 N–H and O–H groups in total. The van der Waals surface area contributed by atoms with E-state index < -0.39 is 17.7 Å². The molecule has 1 fully saturated rings. The van der Waals surface area contributed by atoms with Crippen LogP contribution in [0.15, 0.2) is 42.5 Å². The topological polar surface area (TPSA) is 70.7 Å². The van der Waals surface area contributed by atoms with Gasteiger partial charge in [0, 0.05) is 39.8 Å². The first-order chi connectivity index (χ1) is 14.5. The number of urea groups is 1. The second-order valence-corrected chi connectivity index (χ2v) is 9.72. The number of halogens is 3. The molecule has 166 valence electrons. The van der Waals surface area contributed by atoms with Crippen LogP contribution in [0.25, 0.3) is 0 Å². The van der Waals surface area contributed by atoms with E-state index in [1.54, 1.807) is 35.2 Å². The lowest BCUT2D eigenvalue weighted by atomic mass is 9.94. The molecule has 1 aliphatic heterocycles. The third-order valence-electron chi connectivity index (χ3n) is 4.71. The first-order valence-electron chi connectivity index (χ1n) is 9.77. The molecule has 3 rings (SSSR count). The largest absolute Gasteiger partial charge is 0.444 e. The van der Waals surface area contributed by atoms with E-state index in [1.165, 1.54) is 0 Å². The number of carbonyl (C=O) groups excluding carboxylic acids is 2. The van der Waals surface area contributed by atoms with Crippen LogP contribution in [-0.4, -0.2) is 41.8 Å². The average molecular weight is 485 g/mol. The lowest BCUT2D eigenvalue weighted by molar-refractivity contribution is 0.0289. The van der Waals surface area contributed by atoms with Crippen molar-refractivity contribution in [1.82, 2.24) is 10.2 Å². The molecule has 0 saturated carbocycles. The summed E-state index contributed by atoms with van der Waals surface area (Å²) in [5, 5.41) is 7.15. The summed E-state index contributed by atoms with van der Waals surface area (Å²) in [5.74, 6) is -0.126. The van der Waals surface area contributed by atoms with Crippen molar-refractivity contribution >= 4 is 52.6 Å². The lowest BCUT2D eigenvalue weighted by Crippen LogP contribution is -2.43. The maximum absolute atomic E-state index is 12.7. The number of nitrogens with one attached hydrogen (secondary N) is 2. The molecule has 31 heavy (non-hydrogen) atoms. The number of anilines is 1. The fraction of sp³-hybridized carbons (Fsp3) is 0.364. The van der Waals surface area contributed by atoms with Gasteiger partial charge in [-0.15, -0.1) is 0 Å². The molecule has 3 amide bonds. The van der Waals surface area contributed by atoms with Gasteiger partial charge in [-0.25, -0.2) is 9.59 Å². The van der Waals surface area contributed by atoms with Crippen LogP contribution in [0.4, 0.5) is 15.3 Å². The van der Waals surface area contributed by atoms with Crippen LogP contribution in [0, 0.1) is 0 Å². The van der Waals surface area contributed by atoms with Crippen LogP contribution in [0.2, 0.25) is 15.1 Å². The fourth-order valence-corrected chi connectivity index (χ4v) is 4.09. The second-order valence-electron chi connectivity index (χ2n) is 8.41. The average Bonchev–Trinajstić information content (AvgIpc) is 3.04. The van der Waals surface area contributed by atoms with E-state index in [-0.39, 0.29) is 12.0 Å². The van der Waals surface area contributed by atoms with Crippen molar-refractivity contribution < 1.29 is 14.3 Å². The van der Waals surface area contributed by atoms with Crippen LogP contribution >= 0.6 is 34.8 Å². The van der Waals surface area contributed by atoms with Crippen molar-refractivity contribution in [1.29, 1.82) is 0 Å². The quantitative estimate of drug-likeness (QED) is 0.547. The molecule has 1 aliphatic rings. The molecule has 6 nitrogen and oxygen atoms in total. The number of hydrogen-bond acceptors (Lipinski definition) is 3. The Morgan fingerprint density at radius 1 is 0.968 bits per heavy atom. The summed E-state index contributed by atoms with van der Waals surface area (Å²) in [6, 6.07) is 11.4. The summed E-state index contributed by atoms with van der Waals surface area (Å²) in [6.45, 7) is 6.17. The Kier molecular flexibility index (Phi) is 7.24. The van der Waals surface area contributed by atoms with Gasteiger partial charge in [0.25, 0.3) is 0 Å². The summed E-state index contributed by atoms with van der Waals surface area (Å²) in [7, 11) is 0. The summed E-state index contributed by atoms with van der Waals surface area (Å²) < 4.78 is 5.51. The zero-order valence-electron chi connectivity index (χ0n) is 17.4. The van der Waals surface area contributed by atoms with Gasteiger partial charge in [-0.05, 0) is 56.7 Å². The van der Waals surface area contributed by atoms with E-state index >= 15 is 0 Å². The van der Waals surface area contributed by atoms with Crippen LogP contribution < -0.4 is 10.6 Å². The normalized spacial score (nSPS) is 18.6. The third-order valence-corrected chi connectivity index (χ3v) is 5.40. The van der Waals surface area contributed by atoms with Crippen LogP contribution in [0.1, 0.15) is 32.3 Å². The zero-order valence-corrected chi connectivity index (χ0v) is 19.7. The number of hydrogen-bond donors (Lipinski definition) is 2. The van der Waals surface area contributed by atoms with Crippen molar-refractivity contribution in [2.45, 2.75) is 38.3 Å². The van der Waals surface area contributed by atoms with Crippen molar-refractivity contribution in [3.8, 4) is 0 Å². The maximum atomic E-state index is 12.7. The number of likely N-dealkylation sites (tertiary alicyclic amines) is 1. The smallest absolute Gasteiger partial charge is 0.410 e. The van der Waals surface area contributed by atoms with E-state index in [1.807, 2.05) is 32.9 Å². The van der Waals surface area contributed by atoms with Gasteiger partial charge in [-0.2, -0.15) is 0 Å². The van der Waals surface area contributed by atoms with Crippen molar-refractivity contribution in [3.05, 3.63) is 63.1 Å². The van der Waals surface area contributed by atoms with Crippen molar-refractivity contribution in [2.24, 2.45) is 0 Å². The number of amides is 3. The first kappa shape index (κ1) is 23.5. The van der Waals surface area contributed by atoms with E-state index in [9.17, 15) is 9.59 Å². The predicted molar refractivity (Wildman–Crippen MR) is 124 cm³/mol. The molecule has 2 aromatic carbocycles. The van der Waals surface area contributed by atoms with Gasteiger partial charge in [0.05, 0.1) is 6.04 Å². The highest BCUT2D eigenvalue weighted by Gasteiger charge is 2.38. The number of ether oxygens (including phenoxy) is 1. The van der Waals surface area contributed by atoms with E-state index in [4.69, 9.17) is 39.5 Å². The van der Waals surface area contributed by atoms with Gasteiger partial charge < -0.3 is 20.3 Å². The third kappa shape index (κ3) is 6.66. The molecule has 1 saturated heterocycles. The molecule has 0 unspecified atom stereocenters. The molecule has 0 aliphatic carbocycles. The fourth-order valence-electron chi connectivity index (χ4n) is 3.43. The minimum absolute atomic E-state index is 0.126. The Morgan fingerprint density at radius 3 is 2.16 bits per heavy atom. The van der Waals surface area contributed by atoms with Gasteiger partial charge in [0.1, 0.15) is 5.60 Å². The highest BCUT2D eigenvalue weighted by Crippen LogP contribution is 2.30. The Labute approximate surface area is 196 Å². The molecule has 0 spiro atoms. The Bertz CT molecular complexity index is 940. The Hall–Kier alpha value is -2.15. The molecular formula is C22H24Cl3N3O3. The SMILES string of the molecule is CC(C)(C)OC(=O)N1C[C@H](NC(=O)Nc2cc(Cl)cc(Cl)c2)[C@@H](c2ccc(Cl)cc2)C1. The molecule has 9 heteroatoms. The molecule has 0 bridgehead atoms. The van der Waals surface area contributed by atoms with Gasteiger partial charge in [0.15, 0.2) is 0 Å². The maximum Gasteiger partial charge on any atom is 0.410 e. The summed E-state index contributed by atoms with van der Waals surface area (Å²) in [6.07, 6.45) is -0.419. The summed E-state index contributed by atoms with van der Waals surface area (Å²) in [5.41, 5.74) is 0.827. The number of rotatable bonds is 3. The van der Waals surface area contributed by atoms with E-state index in [0.717, 1.165) is 5.56 Å². The number of nitrogens with zero attached hydrogens (tertiary/aromatic N) is 1. The minimum Gasteiger partial charge on any atom is -0.444 e. The van der Waals surface area contributed by atoms with Crippen LogP contribution in [0.3, 0.4) is 0 Å². The summed E-state index contributed by atoms with van der Waals surface area (Å²) in [4.78, 5) is 26.9. The number of carbonyl (C=O) groups is 2. The van der Waals surface area contributed by atoms with Gasteiger partial charge in [0.2, 0.25) is 0 Å². The van der Waals surface area contributed by atoms with Crippen LogP contribution in [0.5, 0.6) is 0 Å². The van der Waals surface area contributed by atoms with E-state index in [2.05, 4.69) is 10.6 Å². The Morgan fingerprint density at radius 2 is 1.58 bits per heavy atom. The molecule has 1 heterocycles. The van der Waals surface area contributed by atoms with Gasteiger partial charge in [-0.1, -0.05) is 46.9 Å². The lowest BCUT2D eigenvalue weighted by Gasteiger charge is -2.24. The van der Waals surface area contributed by atoms with E-state index in [0.29, 0.717) is 33.8 Å². The molecule has 2 aromatic rings. The summed E-state index contributed by atoms with van der Waals surface area (Å²) >= 11 is 18.0. The van der Waals surface area contributed by atoms with Gasteiger partial charge >= 0.3 is 12.1 Å². The molecule has 0 radical (unpaired) electrons. The number of benzene rings is 2. The zero-order chi connectivity index (χ0) is 22.8. The second kappa shape index (κ2) is 9.55. The highest BCUT2D eigenvalue weighted by atomic mass is 35.5. The van der Waals surface area contributed by atoms with Crippen molar-refractivity contribution in [2.75, 3.05) is 18.4 Å². The Balaban J connectivity index is 1.76. The molecule has 2 atom stereocenters. The monoisotopic (exact) mass is 483 g/mol. The minimum atomic E-state index is -0.610. The van der Waals surface area contributed by atoms with Crippen molar-refractivity contribution in [3.63, 3.8) is 0 Å².